The van der Waals surface area contributed by atoms with Crippen LogP contribution in [0, 0.1) is 0 Å². The summed E-state index contributed by atoms with van der Waals surface area (Å²) < 4.78 is 5.56. The van der Waals surface area contributed by atoms with E-state index in [9.17, 15) is 4.79 Å². The van der Waals surface area contributed by atoms with Crippen LogP contribution in [-0.4, -0.2) is 44.7 Å². The standard InChI is InChI=1S/C20H34N4O2/c1-4-7-14-26-15-8-13-23-20(22-6-3)24-16-17-9-11-18(12-10-17)19(25)21-5-2/h9-12H,4-8,13-16H2,1-3H3,(H,21,25)(H2,22,23,24). The third-order valence-electron chi connectivity index (χ3n) is 3.72. The van der Waals surface area contributed by atoms with Gasteiger partial charge in [-0.2, -0.15) is 0 Å². The van der Waals surface area contributed by atoms with Crippen LogP contribution < -0.4 is 16.0 Å². The first kappa shape index (κ1) is 22.0. The van der Waals surface area contributed by atoms with E-state index in [1.807, 2.05) is 38.1 Å². The minimum atomic E-state index is -0.0429. The number of carbonyl (C=O) groups excluding carboxylic acids is 1. The van der Waals surface area contributed by atoms with E-state index in [0.29, 0.717) is 18.7 Å². The summed E-state index contributed by atoms with van der Waals surface area (Å²) in [7, 11) is 0. The molecule has 1 aromatic rings. The normalized spacial score (nSPS) is 11.3. The second-order valence-electron chi connectivity index (χ2n) is 6.00. The van der Waals surface area contributed by atoms with Crippen molar-refractivity contribution in [2.75, 3.05) is 32.8 Å². The zero-order valence-electron chi connectivity index (χ0n) is 16.4. The van der Waals surface area contributed by atoms with Crippen molar-refractivity contribution < 1.29 is 9.53 Å². The Morgan fingerprint density at radius 2 is 1.65 bits per heavy atom. The molecule has 0 spiro atoms. The Hall–Kier alpha value is -2.08. The average Bonchev–Trinajstić information content (AvgIpc) is 2.66. The summed E-state index contributed by atoms with van der Waals surface area (Å²) in [6, 6.07) is 7.56. The molecule has 0 aromatic heterocycles. The molecule has 0 bridgehead atoms. The number of nitrogens with zero attached hydrogens (tertiary/aromatic N) is 1. The number of nitrogens with one attached hydrogen (secondary N) is 3. The van der Waals surface area contributed by atoms with Gasteiger partial charge in [-0.25, -0.2) is 4.99 Å². The Morgan fingerprint density at radius 3 is 2.31 bits per heavy atom. The number of carbonyl (C=O) groups is 1. The second kappa shape index (κ2) is 14.1. The molecule has 6 heteroatoms. The Bertz CT molecular complexity index is 529. The van der Waals surface area contributed by atoms with Gasteiger partial charge < -0.3 is 20.7 Å². The van der Waals surface area contributed by atoms with E-state index in [2.05, 4.69) is 27.9 Å². The summed E-state index contributed by atoms with van der Waals surface area (Å²) in [5.41, 5.74) is 1.74. The fourth-order valence-electron chi connectivity index (χ4n) is 2.27. The molecule has 0 aliphatic rings. The molecule has 26 heavy (non-hydrogen) atoms. The summed E-state index contributed by atoms with van der Waals surface area (Å²) >= 11 is 0. The third-order valence-corrected chi connectivity index (χ3v) is 3.72. The van der Waals surface area contributed by atoms with Crippen molar-refractivity contribution >= 4 is 11.9 Å². The lowest BCUT2D eigenvalue weighted by molar-refractivity contribution is 0.0956. The van der Waals surface area contributed by atoms with E-state index in [1.165, 1.54) is 6.42 Å². The number of amides is 1. The lowest BCUT2D eigenvalue weighted by atomic mass is 10.1. The van der Waals surface area contributed by atoms with E-state index in [0.717, 1.165) is 50.7 Å². The summed E-state index contributed by atoms with van der Waals surface area (Å²) in [4.78, 5) is 16.4. The van der Waals surface area contributed by atoms with Gasteiger partial charge in [-0.15, -0.1) is 0 Å². The van der Waals surface area contributed by atoms with E-state index in [-0.39, 0.29) is 5.91 Å². The predicted octanol–water partition coefficient (Wildman–Crippen LogP) is 2.70. The van der Waals surface area contributed by atoms with E-state index in [1.54, 1.807) is 0 Å². The van der Waals surface area contributed by atoms with Gasteiger partial charge in [0, 0.05) is 38.4 Å². The number of unbranched alkanes of at least 4 members (excludes halogenated alkanes) is 1. The van der Waals surface area contributed by atoms with Crippen LogP contribution in [0.15, 0.2) is 29.3 Å². The molecule has 0 atom stereocenters. The molecule has 0 aliphatic carbocycles. The van der Waals surface area contributed by atoms with Gasteiger partial charge in [-0.3, -0.25) is 4.79 Å². The van der Waals surface area contributed by atoms with Crippen molar-refractivity contribution in [2.24, 2.45) is 4.99 Å². The van der Waals surface area contributed by atoms with Gasteiger partial charge in [0.1, 0.15) is 0 Å². The highest BCUT2D eigenvalue weighted by Crippen LogP contribution is 2.05. The summed E-state index contributed by atoms with van der Waals surface area (Å²) in [5, 5.41) is 9.36. The van der Waals surface area contributed by atoms with Crippen molar-refractivity contribution in [3.63, 3.8) is 0 Å². The zero-order chi connectivity index (χ0) is 19.0. The molecule has 1 amide bonds. The summed E-state index contributed by atoms with van der Waals surface area (Å²) in [5.74, 6) is 0.757. The van der Waals surface area contributed by atoms with Crippen LogP contribution in [0.2, 0.25) is 0 Å². The molecular weight excluding hydrogens is 328 g/mol. The van der Waals surface area contributed by atoms with Crippen molar-refractivity contribution in [1.82, 2.24) is 16.0 Å². The monoisotopic (exact) mass is 362 g/mol. The van der Waals surface area contributed by atoms with Crippen LogP contribution >= 0.6 is 0 Å². The topological polar surface area (TPSA) is 74.8 Å². The Morgan fingerprint density at radius 1 is 0.962 bits per heavy atom. The van der Waals surface area contributed by atoms with E-state index in [4.69, 9.17) is 4.74 Å². The van der Waals surface area contributed by atoms with Gasteiger partial charge in [0.05, 0.1) is 6.54 Å². The number of ether oxygens (including phenoxy) is 1. The highest BCUT2D eigenvalue weighted by atomic mass is 16.5. The lowest BCUT2D eigenvalue weighted by Gasteiger charge is -2.11. The van der Waals surface area contributed by atoms with E-state index < -0.39 is 0 Å². The highest BCUT2D eigenvalue weighted by Gasteiger charge is 2.03. The van der Waals surface area contributed by atoms with Crippen LogP contribution in [0.3, 0.4) is 0 Å². The molecule has 0 radical (unpaired) electrons. The molecule has 6 nitrogen and oxygen atoms in total. The van der Waals surface area contributed by atoms with E-state index >= 15 is 0 Å². The molecule has 0 unspecified atom stereocenters. The second-order valence-corrected chi connectivity index (χ2v) is 6.00. The molecular formula is C20H34N4O2. The van der Waals surface area contributed by atoms with Gasteiger partial charge in [0.2, 0.25) is 0 Å². The third kappa shape index (κ3) is 9.42. The molecule has 146 valence electrons. The van der Waals surface area contributed by atoms with Gasteiger partial charge in [0.15, 0.2) is 5.96 Å². The summed E-state index contributed by atoms with van der Waals surface area (Å²) in [6.45, 7) is 10.6. The molecule has 0 saturated heterocycles. The van der Waals surface area contributed by atoms with Crippen LogP contribution in [0.4, 0.5) is 0 Å². The van der Waals surface area contributed by atoms with Crippen molar-refractivity contribution in [3.05, 3.63) is 35.4 Å². The van der Waals surface area contributed by atoms with Crippen molar-refractivity contribution in [3.8, 4) is 0 Å². The SMILES string of the molecule is CCCCOCCCNC(=NCc1ccc(C(=O)NCC)cc1)NCC. The average molecular weight is 363 g/mol. The maximum Gasteiger partial charge on any atom is 0.251 e. The number of hydrogen-bond acceptors (Lipinski definition) is 3. The fourth-order valence-corrected chi connectivity index (χ4v) is 2.27. The first-order valence-corrected chi connectivity index (χ1v) is 9.68. The fraction of sp³-hybridized carbons (Fsp3) is 0.600. The Kier molecular flexibility index (Phi) is 11.9. The van der Waals surface area contributed by atoms with Crippen LogP contribution in [0.5, 0.6) is 0 Å². The first-order chi connectivity index (χ1) is 12.7. The maximum absolute atomic E-state index is 11.8. The number of hydrogen-bond donors (Lipinski definition) is 3. The van der Waals surface area contributed by atoms with Gasteiger partial charge >= 0.3 is 0 Å². The lowest BCUT2D eigenvalue weighted by Crippen LogP contribution is -2.38. The van der Waals surface area contributed by atoms with Crippen molar-refractivity contribution in [2.45, 2.75) is 46.6 Å². The molecule has 1 rings (SSSR count). The maximum atomic E-state index is 11.8. The minimum Gasteiger partial charge on any atom is -0.381 e. The Labute approximate surface area is 157 Å². The first-order valence-electron chi connectivity index (χ1n) is 9.68. The van der Waals surface area contributed by atoms with Gasteiger partial charge in [-0.1, -0.05) is 25.5 Å². The van der Waals surface area contributed by atoms with Crippen molar-refractivity contribution in [1.29, 1.82) is 0 Å². The molecule has 1 aromatic carbocycles. The van der Waals surface area contributed by atoms with Gasteiger partial charge in [0.25, 0.3) is 5.91 Å². The van der Waals surface area contributed by atoms with Crippen LogP contribution in [0.25, 0.3) is 0 Å². The van der Waals surface area contributed by atoms with Gasteiger partial charge in [-0.05, 0) is 44.4 Å². The predicted molar refractivity (Wildman–Crippen MR) is 108 cm³/mol. The number of rotatable bonds is 12. The minimum absolute atomic E-state index is 0.0429. The quantitative estimate of drug-likeness (QED) is 0.304. The molecule has 0 saturated carbocycles. The zero-order valence-corrected chi connectivity index (χ0v) is 16.4. The molecule has 0 heterocycles. The highest BCUT2D eigenvalue weighted by molar-refractivity contribution is 5.94. The molecule has 3 N–H and O–H groups in total. The Balaban J connectivity index is 2.41. The number of guanidine groups is 1. The molecule has 0 fully saturated rings. The number of benzene rings is 1. The largest absolute Gasteiger partial charge is 0.381 e. The molecule has 0 aliphatic heterocycles. The van der Waals surface area contributed by atoms with Crippen LogP contribution in [-0.2, 0) is 11.3 Å². The smallest absolute Gasteiger partial charge is 0.251 e. The van der Waals surface area contributed by atoms with Crippen LogP contribution in [0.1, 0.15) is 56.0 Å². The number of aliphatic imine (C=N–C) groups is 1. The summed E-state index contributed by atoms with van der Waals surface area (Å²) in [6.07, 6.45) is 3.24.